The number of methoxy groups -OCH3 is 1. The Morgan fingerprint density at radius 1 is 1.12 bits per heavy atom. The van der Waals surface area contributed by atoms with Gasteiger partial charge in [0.05, 0.1) is 13.2 Å². The molecule has 0 radical (unpaired) electrons. The van der Waals surface area contributed by atoms with Crippen LogP contribution in [0.15, 0.2) is 0 Å². The van der Waals surface area contributed by atoms with Gasteiger partial charge in [-0.25, -0.2) is 0 Å². The van der Waals surface area contributed by atoms with E-state index in [1.165, 1.54) is 25.7 Å². The molecule has 0 spiro atoms. The summed E-state index contributed by atoms with van der Waals surface area (Å²) in [6.07, 6.45) is 6.13. The lowest BCUT2D eigenvalue weighted by atomic mass is 10.1. The number of carbonyl (C=O) groups excluding carboxylic acids is 1. The summed E-state index contributed by atoms with van der Waals surface area (Å²) in [6, 6.07) is 0. The van der Waals surface area contributed by atoms with Crippen LogP contribution in [0.3, 0.4) is 0 Å². The molecular formula is C12H26N2O2. The van der Waals surface area contributed by atoms with Crippen LogP contribution in [-0.2, 0) is 9.53 Å². The van der Waals surface area contributed by atoms with Gasteiger partial charge in [0, 0.05) is 20.2 Å². The summed E-state index contributed by atoms with van der Waals surface area (Å²) in [6.45, 7) is 4.75. The summed E-state index contributed by atoms with van der Waals surface area (Å²) in [5, 5.41) is 5.90. The first kappa shape index (κ1) is 15.4. The molecule has 0 heterocycles. The van der Waals surface area contributed by atoms with Crippen molar-refractivity contribution in [2.75, 3.05) is 33.4 Å². The standard InChI is InChI=1S/C12H26N2O2/c1-3-4-5-6-7-8-14-12(15)11-13-9-10-16-2/h13H,3-11H2,1-2H3,(H,14,15). The topological polar surface area (TPSA) is 50.4 Å². The van der Waals surface area contributed by atoms with Crippen LogP contribution in [0, 0.1) is 0 Å². The molecular weight excluding hydrogens is 204 g/mol. The van der Waals surface area contributed by atoms with Crippen LogP contribution in [0.25, 0.3) is 0 Å². The zero-order valence-electron chi connectivity index (χ0n) is 10.7. The Bertz CT molecular complexity index is 163. The van der Waals surface area contributed by atoms with Crippen molar-refractivity contribution in [1.82, 2.24) is 10.6 Å². The number of carbonyl (C=O) groups is 1. The molecule has 0 rings (SSSR count). The van der Waals surface area contributed by atoms with Crippen LogP contribution in [-0.4, -0.2) is 39.3 Å². The van der Waals surface area contributed by atoms with Gasteiger partial charge in [0.1, 0.15) is 0 Å². The van der Waals surface area contributed by atoms with Crippen molar-refractivity contribution in [2.24, 2.45) is 0 Å². The normalized spacial score (nSPS) is 10.4. The highest BCUT2D eigenvalue weighted by atomic mass is 16.5. The van der Waals surface area contributed by atoms with Gasteiger partial charge >= 0.3 is 0 Å². The Morgan fingerprint density at radius 3 is 2.56 bits per heavy atom. The first-order valence-electron chi connectivity index (χ1n) is 6.27. The Labute approximate surface area is 99.1 Å². The van der Waals surface area contributed by atoms with Crippen molar-refractivity contribution < 1.29 is 9.53 Å². The minimum absolute atomic E-state index is 0.0756. The zero-order valence-corrected chi connectivity index (χ0v) is 10.7. The fourth-order valence-electron chi connectivity index (χ4n) is 1.40. The van der Waals surface area contributed by atoms with Crippen LogP contribution in [0.1, 0.15) is 39.0 Å². The van der Waals surface area contributed by atoms with E-state index in [2.05, 4.69) is 17.6 Å². The van der Waals surface area contributed by atoms with Gasteiger partial charge in [0.15, 0.2) is 0 Å². The van der Waals surface area contributed by atoms with Gasteiger partial charge in [-0.3, -0.25) is 4.79 Å². The molecule has 0 aromatic carbocycles. The second-order valence-electron chi connectivity index (χ2n) is 3.93. The minimum atomic E-state index is 0.0756. The molecule has 0 aliphatic rings. The maximum atomic E-state index is 11.3. The van der Waals surface area contributed by atoms with Crippen LogP contribution >= 0.6 is 0 Å². The molecule has 0 aromatic heterocycles. The van der Waals surface area contributed by atoms with E-state index in [4.69, 9.17) is 4.74 Å². The van der Waals surface area contributed by atoms with Gasteiger partial charge in [-0.1, -0.05) is 32.6 Å². The summed E-state index contributed by atoms with van der Waals surface area (Å²) in [5.74, 6) is 0.0756. The van der Waals surface area contributed by atoms with Crippen LogP contribution < -0.4 is 10.6 Å². The lowest BCUT2D eigenvalue weighted by Gasteiger charge is -2.06. The molecule has 0 aliphatic heterocycles. The third-order valence-electron chi connectivity index (χ3n) is 2.37. The molecule has 0 atom stereocenters. The lowest BCUT2D eigenvalue weighted by molar-refractivity contribution is -0.120. The molecule has 0 bridgehead atoms. The molecule has 16 heavy (non-hydrogen) atoms. The van der Waals surface area contributed by atoms with Crippen molar-refractivity contribution in [2.45, 2.75) is 39.0 Å². The number of amides is 1. The van der Waals surface area contributed by atoms with E-state index >= 15 is 0 Å². The first-order valence-corrected chi connectivity index (χ1v) is 6.27. The highest BCUT2D eigenvalue weighted by molar-refractivity contribution is 5.77. The molecule has 0 unspecified atom stereocenters. The molecule has 0 saturated carbocycles. The number of hydrogen-bond donors (Lipinski definition) is 2. The van der Waals surface area contributed by atoms with Crippen LogP contribution in [0.5, 0.6) is 0 Å². The summed E-state index contributed by atoms with van der Waals surface area (Å²) in [7, 11) is 1.65. The smallest absolute Gasteiger partial charge is 0.233 e. The molecule has 4 nitrogen and oxygen atoms in total. The van der Waals surface area contributed by atoms with Gasteiger partial charge in [-0.15, -0.1) is 0 Å². The molecule has 96 valence electrons. The second-order valence-corrected chi connectivity index (χ2v) is 3.93. The third-order valence-corrected chi connectivity index (χ3v) is 2.37. The Morgan fingerprint density at radius 2 is 1.88 bits per heavy atom. The van der Waals surface area contributed by atoms with Gasteiger partial charge < -0.3 is 15.4 Å². The van der Waals surface area contributed by atoms with Crippen LogP contribution in [0.4, 0.5) is 0 Å². The molecule has 0 fully saturated rings. The highest BCUT2D eigenvalue weighted by Crippen LogP contribution is 2.00. The molecule has 0 saturated heterocycles. The summed E-state index contributed by atoms with van der Waals surface area (Å²) >= 11 is 0. The molecule has 1 amide bonds. The number of ether oxygens (including phenoxy) is 1. The summed E-state index contributed by atoms with van der Waals surface area (Å²) in [5.41, 5.74) is 0. The van der Waals surface area contributed by atoms with E-state index < -0.39 is 0 Å². The Kier molecular flexibility index (Phi) is 12.0. The van der Waals surface area contributed by atoms with Gasteiger partial charge in [-0.05, 0) is 6.42 Å². The molecule has 2 N–H and O–H groups in total. The SMILES string of the molecule is CCCCCCCNC(=O)CNCCOC. The van der Waals surface area contributed by atoms with E-state index in [0.717, 1.165) is 19.5 Å². The number of rotatable bonds is 11. The summed E-state index contributed by atoms with van der Waals surface area (Å²) in [4.78, 5) is 11.3. The number of unbranched alkanes of at least 4 members (excludes halogenated alkanes) is 4. The van der Waals surface area contributed by atoms with Crippen molar-refractivity contribution in [3.63, 3.8) is 0 Å². The maximum Gasteiger partial charge on any atom is 0.233 e. The third kappa shape index (κ3) is 11.5. The van der Waals surface area contributed by atoms with E-state index in [9.17, 15) is 4.79 Å². The lowest BCUT2D eigenvalue weighted by Crippen LogP contribution is -2.35. The van der Waals surface area contributed by atoms with Crippen LogP contribution in [0.2, 0.25) is 0 Å². The first-order chi connectivity index (χ1) is 7.81. The fourth-order valence-corrected chi connectivity index (χ4v) is 1.40. The second kappa shape index (κ2) is 12.5. The predicted molar refractivity (Wildman–Crippen MR) is 66.5 cm³/mol. The quantitative estimate of drug-likeness (QED) is 0.526. The minimum Gasteiger partial charge on any atom is -0.383 e. The summed E-state index contributed by atoms with van der Waals surface area (Å²) < 4.78 is 4.87. The number of nitrogens with one attached hydrogen (secondary N) is 2. The molecule has 0 aliphatic carbocycles. The van der Waals surface area contributed by atoms with E-state index in [1.807, 2.05) is 0 Å². The van der Waals surface area contributed by atoms with E-state index in [0.29, 0.717) is 13.2 Å². The van der Waals surface area contributed by atoms with Crippen molar-refractivity contribution in [1.29, 1.82) is 0 Å². The Balaban J connectivity index is 3.11. The average molecular weight is 230 g/mol. The fraction of sp³-hybridized carbons (Fsp3) is 0.917. The van der Waals surface area contributed by atoms with Gasteiger partial charge in [0.25, 0.3) is 0 Å². The number of hydrogen-bond acceptors (Lipinski definition) is 3. The monoisotopic (exact) mass is 230 g/mol. The Hall–Kier alpha value is -0.610. The van der Waals surface area contributed by atoms with E-state index in [-0.39, 0.29) is 5.91 Å². The maximum absolute atomic E-state index is 11.3. The average Bonchev–Trinajstić information content (AvgIpc) is 2.29. The van der Waals surface area contributed by atoms with Crippen molar-refractivity contribution in [3.8, 4) is 0 Å². The predicted octanol–water partition coefficient (Wildman–Crippen LogP) is 1.31. The molecule has 0 aromatic rings. The molecule has 4 heteroatoms. The van der Waals surface area contributed by atoms with Crippen molar-refractivity contribution in [3.05, 3.63) is 0 Å². The largest absolute Gasteiger partial charge is 0.383 e. The van der Waals surface area contributed by atoms with E-state index in [1.54, 1.807) is 7.11 Å². The zero-order chi connectivity index (χ0) is 12.1. The van der Waals surface area contributed by atoms with Crippen molar-refractivity contribution >= 4 is 5.91 Å². The van der Waals surface area contributed by atoms with Gasteiger partial charge in [-0.2, -0.15) is 0 Å². The highest BCUT2D eigenvalue weighted by Gasteiger charge is 1.98. The van der Waals surface area contributed by atoms with Gasteiger partial charge in [0.2, 0.25) is 5.91 Å².